The van der Waals surface area contributed by atoms with Gasteiger partial charge in [0.15, 0.2) is 0 Å². The third kappa shape index (κ3) is 2.18. The fourth-order valence-electron chi connectivity index (χ4n) is 1.64. The van der Waals surface area contributed by atoms with Gasteiger partial charge in [-0.05, 0) is 35.4 Å². The molecule has 0 fully saturated rings. The average Bonchev–Trinajstić information content (AvgIpc) is 2.30. The fraction of sp³-hybridized carbons (Fsp3) is 0.0769. The van der Waals surface area contributed by atoms with Crippen LogP contribution < -0.4 is 11.5 Å². The van der Waals surface area contributed by atoms with Crippen molar-refractivity contribution in [3.63, 3.8) is 0 Å². The van der Waals surface area contributed by atoms with Crippen molar-refractivity contribution in [3.8, 4) is 11.1 Å². The Hall–Kier alpha value is -1.51. The summed E-state index contributed by atoms with van der Waals surface area (Å²) in [6.45, 7) is 0.508. The van der Waals surface area contributed by atoms with Crippen molar-refractivity contribution < 1.29 is 0 Å². The van der Waals surface area contributed by atoms with Gasteiger partial charge in [0.05, 0.1) is 0 Å². The molecule has 0 aliphatic rings. The average molecular weight is 233 g/mol. The van der Waals surface area contributed by atoms with E-state index >= 15 is 0 Å². The van der Waals surface area contributed by atoms with Crippen LogP contribution in [0.4, 0.5) is 5.69 Å². The quantitative estimate of drug-likeness (QED) is 0.782. The lowest BCUT2D eigenvalue weighted by Crippen LogP contribution is -1.98. The smallest absolute Gasteiger partial charge is 0.0412 e. The van der Waals surface area contributed by atoms with Crippen LogP contribution in [-0.4, -0.2) is 0 Å². The minimum absolute atomic E-state index is 0.508. The number of benzene rings is 2. The van der Waals surface area contributed by atoms with Crippen molar-refractivity contribution >= 4 is 17.3 Å². The standard InChI is InChI=1S/C13H13ClN2/c14-11-3-1-2-10(7-11)12-6-9(8-15)4-5-13(12)16/h1-7H,8,15-16H2. The van der Waals surface area contributed by atoms with Crippen LogP contribution in [0, 0.1) is 0 Å². The lowest BCUT2D eigenvalue weighted by molar-refractivity contribution is 1.07. The first kappa shape index (κ1) is 11.0. The van der Waals surface area contributed by atoms with Crippen LogP contribution >= 0.6 is 11.6 Å². The Balaban J connectivity index is 2.54. The summed E-state index contributed by atoms with van der Waals surface area (Å²) in [5.41, 5.74) is 15.3. The third-order valence-electron chi connectivity index (χ3n) is 2.49. The van der Waals surface area contributed by atoms with Crippen molar-refractivity contribution in [1.82, 2.24) is 0 Å². The Labute approximate surface area is 99.8 Å². The minimum Gasteiger partial charge on any atom is -0.398 e. The molecule has 0 atom stereocenters. The van der Waals surface area contributed by atoms with Gasteiger partial charge in [0.1, 0.15) is 0 Å². The highest BCUT2D eigenvalue weighted by molar-refractivity contribution is 6.30. The summed E-state index contributed by atoms with van der Waals surface area (Å²) in [5, 5.41) is 0.704. The first-order valence-electron chi connectivity index (χ1n) is 5.05. The first-order valence-corrected chi connectivity index (χ1v) is 5.43. The van der Waals surface area contributed by atoms with E-state index in [4.69, 9.17) is 23.1 Å². The molecule has 2 rings (SSSR count). The van der Waals surface area contributed by atoms with Crippen LogP contribution in [0.1, 0.15) is 5.56 Å². The number of nitrogens with two attached hydrogens (primary N) is 2. The van der Waals surface area contributed by atoms with Gasteiger partial charge in [-0.1, -0.05) is 29.8 Å². The molecule has 0 aliphatic heterocycles. The molecule has 2 aromatic rings. The molecule has 16 heavy (non-hydrogen) atoms. The maximum atomic E-state index is 5.96. The van der Waals surface area contributed by atoms with E-state index in [0.29, 0.717) is 11.6 Å². The third-order valence-corrected chi connectivity index (χ3v) is 2.72. The van der Waals surface area contributed by atoms with Gasteiger partial charge in [-0.25, -0.2) is 0 Å². The monoisotopic (exact) mass is 232 g/mol. The zero-order valence-corrected chi connectivity index (χ0v) is 9.54. The lowest BCUT2D eigenvalue weighted by Gasteiger charge is -2.08. The molecule has 2 nitrogen and oxygen atoms in total. The first-order chi connectivity index (χ1) is 7.70. The molecule has 82 valence electrons. The van der Waals surface area contributed by atoms with E-state index in [9.17, 15) is 0 Å². The summed E-state index contributed by atoms with van der Waals surface area (Å²) in [6.07, 6.45) is 0. The zero-order chi connectivity index (χ0) is 11.5. The molecule has 2 aromatic carbocycles. The van der Waals surface area contributed by atoms with Crippen LogP contribution in [0.5, 0.6) is 0 Å². The second-order valence-electron chi connectivity index (χ2n) is 3.64. The van der Waals surface area contributed by atoms with E-state index in [0.717, 1.165) is 22.4 Å². The normalized spacial score (nSPS) is 10.4. The maximum absolute atomic E-state index is 5.96. The summed E-state index contributed by atoms with van der Waals surface area (Å²) >= 11 is 5.96. The van der Waals surface area contributed by atoms with Gasteiger partial charge in [0.25, 0.3) is 0 Å². The van der Waals surface area contributed by atoms with Crippen LogP contribution in [0.15, 0.2) is 42.5 Å². The maximum Gasteiger partial charge on any atom is 0.0412 e. The van der Waals surface area contributed by atoms with Crippen molar-refractivity contribution in [1.29, 1.82) is 0 Å². The molecule has 0 aromatic heterocycles. The van der Waals surface area contributed by atoms with E-state index in [1.165, 1.54) is 0 Å². The summed E-state index contributed by atoms with van der Waals surface area (Å²) in [7, 11) is 0. The lowest BCUT2D eigenvalue weighted by atomic mass is 10.0. The molecule has 0 amide bonds. The highest BCUT2D eigenvalue weighted by atomic mass is 35.5. The second kappa shape index (κ2) is 4.56. The van der Waals surface area contributed by atoms with E-state index in [1.54, 1.807) is 0 Å². The van der Waals surface area contributed by atoms with Gasteiger partial charge < -0.3 is 11.5 Å². The molecule has 0 bridgehead atoms. The largest absolute Gasteiger partial charge is 0.398 e. The molecule has 4 N–H and O–H groups in total. The molecule has 0 saturated carbocycles. The van der Waals surface area contributed by atoms with Crippen LogP contribution in [0.2, 0.25) is 5.02 Å². The number of halogens is 1. The van der Waals surface area contributed by atoms with Gasteiger partial charge in [-0.15, -0.1) is 0 Å². The second-order valence-corrected chi connectivity index (χ2v) is 4.07. The van der Waals surface area contributed by atoms with Crippen molar-refractivity contribution in [2.75, 3.05) is 5.73 Å². The Morgan fingerprint density at radius 2 is 1.88 bits per heavy atom. The molecular formula is C13H13ClN2. The van der Waals surface area contributed by atoms with Gasteiger partial charge in [0.2, 0.25) is 0 Å². The van der Waals surface area contributed by atoms with E-state index in [-0.39, 0.29) is 0 Å². The number of nitrogen functional groups attached to an aromatic ring is 1. The van der Waals surface area contributed by atoms with Crippen LogP contribution in [0.25, 0.3) is 11.1 Å². The van der Waals surface area contributed by atoms with Gasteiger partial charge in [-0.3, -0.25) is 0 Å². The molecule has 0 radical (unpaired) electrons. The predicted molar refractivity (Wildman–Crippen MR) is 69.2 cm³/mol. The predicted octanol–water partition coefficient (Wildman–Crippen LogP) is 3.05. The molecule has 0 spiro atoms. The highest BCUT2D eigenvalue weighted by Gasteiger charge is 2.04. The van der Waals surface area contributed by atoms with Crippen molar-refractivity contribution in [3.05, 3.63) is 53.1 Å². The molecule has 3 heteroatoms. The molecule has 0 unspecified atom stereocenters. The highest BCUT2D eigenvalue weighted by Crippen LogP contribution is 2.28. The van der Waals surface area contributed by atoms with Crippen molar-refractivity contribution in [2.24, 2.45) is 5.73 Å². The Morgan fingerprint density at radius 1 is 1.06 bits per heavy atom. The van der Waals surface area contributed by atoms with Gasteiger partial charge >= 0.3 is 0 Å². The molecule has 0 heterocycles. The molecule has 0 aliphatic carbocycles. The Bertz CT molecular complexity index is 509. The summed E-state index contributed by atoms with van der Waals surface area (Å²) in [6, 6.07) is 13.4. The van der Waals surface area contributed by atoms with Gasteiger partial charge in [0, 0.05) is 22.8 Å². The summed E-state index contributed by atoms with van der Waals surface area (Å²) < 4.78 is 0. The molecular weight excluding hydrogens is 220 g/mol. The zero-order valence-electron chi connectivity index (χ0n) is 8.78. The topological polar surface area (TPSA) is 52.0 Å². The number of hydrogen-bond donors (Lipinski definition) is 2. The Kier molecular flexibility index (Phi) is 3.13. The minimum atomic E-state index is 0.508. The SMILES string of the molecule is NCc1ccc(N)c(-c2cccc(Cl)c2)c1. The van der Waals surface area contributed by atoms with Crippen LogP contribution in [0.3, 0.4) is 0 Å². The van der Waals surface area contributed by atoms with E-state index in [1.807, 2.05) is 42.5 Å². The number of rotatable bonds is 2. The van der Waals surface area contributed by atoms with Gasteiger partial charge in [-0.2, -0.15) is 0 Å². The number of anilines is 1. The fourth-order valence-corrected chi connectivity index (χ4v) is 1.83. The summed E-state index contributed by atoms with van der Waals surface area (Å²) in [5.74, 6) is 0. The summed E-state index contributed by atoms with van der Waals surface area (Å²) in [4.78, 5) is 0. The van der Waals surface area contributed by atoms with Crippen LogP contribution in [-0.2, 0) is 6.54 Å². The van der Waals surface area contributed by atoms with Crippen molar-refractivity contribution in [2.45, 2.75) is 6.54 Å². The Morgan fingerprint density at radius 3 is 2.56 bits per heavy atom. The van der Waals surface area contributed by atoms with E-state index < -0.39 is 0 Å². The molecule has 0 saturated heterocycles. The number of hydrogen-bond acceptors (Lipinski definition) is 2. The van der Waals surface area contributed by atoms with E-state index in [2.05, 4.69) is 0 Å².